The number of hydrogen-bond acceptors (Lipinski definition) is 7. The Morgan fingerprint density at radius 3 is 2.84 bits per heavy atom. The van der Waals surface area contributed by atoms with Crippen molar-refractivity contribution in [3.8, 4) is 23.0 Å². The number of carbonyl (C=O) groups is 1. The molecule has 0 bridgehead atoms. The van der Waals surface area contributed by atoms with Gasteiger partial charge in [-0.3, -0.25) is 9.69 Å². The molecule has 1 fully saturated rings. The van der Waals surface area contributed by atoms with Crippen LogP contribution in [0.2, 0.25) is 0 Å². The Kier molecular flexibility index (Phi) is 6.54. The summed E-state index contributed by atoms with van der Waals surface area (Å²) in [4.78, 5) is 15.1. The van der Waals surface area contributed by atoms with Crippen molar-refractivity contribution in [2.45, 2.75) is 6.92 Å². The molecule has 31 heavy (non-hydrogen) atoms. The number of nitrogens with zero attached hydrogens (tertiary/aromatic N) is 1. The summed E-state index contributed by atoms with van der Waals surface area (Å²) in [6.07, 6.45) is 3.45. The largest absolute Gasteiger partial charge is 0.490 e. The monoisotopic (exact) mass is 519 g/mol. The van der Waals surface area contributed by atoms with E-state index in [0.717, 1.165) is 10.0 Å². The third-order valence-electron chi connectivity index (χ3n) is 4.38. The van der Waals surface area contributed by atoms with Gasteiger partial charge in [-0.05, 0) is 58.8 Å². The molecule has 0 atom stereocenters. The highest BCUT2D eigenvalue weighted by atomic mass is 79.9. The van der Waals surface area contributed by atoms with Crippen LogP contribution in [0.3, 0.4) is 0 Å². The third kappa shape index (κ3) is 4.44. The van der Waals surface area contributed by atoms with Crippen LogP contribution in [0.4, 0.5) is 5.69 Å². The first-order valence-corrected chi connectivity index (χ1v) is 11.4. The summed E-state index contributed by atoms with van der Waals surface area (Å²) in [7, 11) is 0. The first-order valence-electron chi connectivity index (χ1n) is 9.39. The average molecular weight is 520 g/mol. The fourth-order valence-electron chi connectivity index (χ4n) is 3.08. The minimum absolute atomic E-state index is 0.167. The van der Waals surface area contributed by atoms with E-state index in [4.69, 9.17) is 31.2 Å². The van der Waals surface area contributed by atoms with Gasteiger partial charge >= 0.3 is 0 Å². The van der Waals surface area contributed by atoms with Gasteiger partial charge in [0.1, 0.15) is 6.61 Å². The van der Waals surface area contributed by atoms with Crippen molar-refractivity contribution in [3.63, 3.8) is 0 Å². The van der Waals surface area contributed by atoms with Crippen LogP contribution >= 0.6 is 39.9 Å². The molecule has 0 N–H and O–H groups in total. The lowest BCUT2D eigenvalue weighted by Gasteiger charge is -2.15. The molecule has 9 heteroatoms. The SMILES string of the molecule is C=CCOc1c(Br)cc(/C=C2/SC(=S)N(c3ccc4c(c3)OCO4)C2=O)cc1OCC. The van der Waals surface area contributed by atoms with Crippen molar-refractivity contribution in [1.29, 1.82) is 0 Å². The Labute approximate surface area is 197 Å². The van der Waals surface area contributed by atoms with Crippen molar-refractivity contribution in [1.82, 2.24) is 0 Å². The number of thioether (sulfide) groups is 1. The molecule has 2 heterocycles. The van der Waals surface area contributed by atoms with Crippen molar-refractivity contribution >= 4 is 61.9 Å². The summed E-state index contributed by atoms with van der Waals surface area (Å²) in [5.41, 5.74) is 1.42. The summed E-state index contributed by atoms with van der Waals surface area (Å²) >= 11 is 10.2. The Balaban J connectivity index is 1.64. The van der Waals surface area contributed by atoms with E-state index in [2.05, 4.69) is 22.5 Å². The van der Waals surface area contributed by atoms with E-state index in [0.29, 0.717) is 51.1 Å². The Morgan fingerprint density at radius 1 is 1.26 bits per heavy atom. The second kappa shape index (κ2) is 9.33. The van der Waals surface area contributed by atoms with Crippen LogP contribution in [0.25, 0.3) is 6.08 Å². The maximum absolute atomic E-state index is 13.1. The molecule has 6 nitrogen and oxygen atoms in total. The smallest absolute Gasteiger partial charge is 0.270 e. The van der Waals surface area contributed by atoms with Crippen LogP contribution in [0.1, 0.15) is 12.5 Å². The molecule has 0 unspecified atom stereocenters. The number of anilines is 1. The number of fused-ring (bicyclic) bond motifs is 1. The highest BCUT2D eigenvalue weighted by Crippen LogP contribution is 2.42. The van der Waals surface area contributed by atoms with Gasteiger partial charge in [-0.2, -0.15) is 0 Å². The normalized spacial score (nSPS) is 16.2. The first-order chi connectivity index (χ1) is 15.0. The van der Waals surface area contributed by atoms with Crippen molar-refractivity contribution in [3.05, 3.63) is 57.9 Å². The van der Waals surface area contributed by atoms with Gasteiger partial charge in [0, 0.05) is 6.07 Å². The maximum atomic E-state index is 13.1. The van der Waals surface area contributed by atoms with Crippen LogP contribution < -0.4 is 23.8 Å². The van der Waals surface area contributed by atoms with E-state index >= 15 is 0 Å². The zero-order valence-corrected chi connectivity index (χ0v) is 19.8. The number of halogens is 1. The van der Waals surface area contributed by atoms with Crippen LogP contribution in [-0.2, 0) is 4.79 Å². The lowest BCUT2D eigenvalue weighted by Crippen LogP contribution is -2.27. The number of thiocarbonyl (C=S) groups is 1. The summed E-state index contributed by atoms with van der Waals surface area (Å²) in [6, 6.07) is 9.02. The van der Waals surface area contributed by atoms with Gasteiger partial charge in [0.2, 0.25) is 6.79 Å². The second-order valence-corrected chi connectivity index (χ2v) is 8.95. The highest BCUT2D eigenvalue weighted by Gasteiger charge is 2.34. The number of hydrogen-bond donors (Lipinski definition) is 0. The summed E-state index contributed by atoms with van der Waals surface area (Å²) in [6.45, 7) is 6.57. The third-order valence-corrected chi connectivity index (χ3v) is 6.27. The maximum Gasteiger partial charge on any atom is 0.270 e. The standard InChI is InChI=1S/C22H18BrNO5S2/c1-3-7-27-20-15(23)8-13(9-18(20)26-4-2)10-19-21(25)24(22(30)31-19)14-5-6-16-17(11-14)29-12-28-16/h3,5-6,8-11H,1,4,7,12H2,2H3/b19-10+. The molecule has 0 aliphatic carbocycles. The Bertz CT molecular complexity index is 1100. The van der Waals surface area contributed by atoms with Gasteiger partial charge in [-0.1, -0.05) is 36.6 Å². The zero-order chi connectivity index (χ0) is 22.0. The van der Waals surface area contributed by atoms with Crippen LogP contribution in [0.5, 0.6) is 23.0 Å². The van der Waals surface area contributed by atoms with Crippen molar-refractivity contribution < 1.29 is 23.7 Å². The zero-order valence-electron chi connectivity index (χ0n) is 16.6. The predicted octanol–water partition coefficient (Wildman–Crippen LogP) is 5.55. The molecular weight excluding hydrogens is 502 g/mol. The van der Waals surface area contributed by atoms with E-state index in [1.807, 2.05) is 19.1 Å². The Hall–Kier alpha value is -2.49. The summed E-state index contributed by atoms with van der Waals surface area (Å²) in [5, 5.41) is 0. The van der Waals surface area contributed by atoms with Crippen molar-refractivity contribution in [2.24, 2.45) is 0 Å². The molecule has 4 rings (SSSR count). The first kappa shape index (κ1) is 21.7. The molecule has 0 radical (unpaired) electrons. The predicted molar refractivity (Wildman–Crippen MR) is 129 cm³/mol. The minimum Gasteiger partial charge on any atom is -0.490 e. The van der Waals surface area contributed by atoms with E-state index in [1.165, 1.54) is 16.7 Å². The molecule has 2 aliphatic heterocycles. The quantitative estimate of drug-likeness (QED) is 0.270. The molecule has 2 aromatic carbocycles. The molecule has 160 valence electrons. The molecule has 0 aromatic heterocycles. The molecule has 2 aromatic rings. The lowest BCUT2D eigenvalue weighted by molar-refractivity contribution is -0.113. The van der Waals surface area contributed by atoms with Crippen LogP contribution in [-0.4, -0.2) is 30.2 Å². The second-order valence-electron chi connectivity index (χ2n) is 6.42. The number of benzene rings is 2. The summed E-state index contributed by atoms with van der Waals surface area (Å²) < 4.78 is 23.4. The fraction of sp³-hybridized carbons (Fsp3) is 0.182. The van der Waals surface area contributed by atoms with E-state index in [9.17, 15) is 4.79 Å². The number of ether oxygens (including phenoxy) is 4. The van der Waals surface area contributed by atoms with Gasteiger partial charge in [0.05, 0.1) is 21.7 Å². The molecule has 0 saturated carbocycles. The van der Waals surface area contributed by atoms with Crippen LogP contribution in [0.15, 0.2) is 52.4 Å². The average Bonchev–Trinajstić information content (AvgIpc) is 3.31. The van der Waals surface area contributed by atoms with Crippen molar-refractivity contribution in [2.75, 3.05) is 24.9 Å². The van der Waals surface area contributed by atoms with Gasteiger partial charge in [-0.25, -0.2) is 0 Å². The highest BCUT2D eigenvalue weighted by molar-refractivity contribution is 9.10. The van der Waals surface area contributed by atoms with Gasteiger partial charge < -0.3 is 18.9 Å². The number of carbonyl (C=O) groups excluding carboxylic acids is 1. The van der Waals surface area contributed by atoms with E-state index in [1.54, 1.807) is 30.4 Å². The Morgan fingerprint density at radius 2 is 2.06 bits per heavy atom. The number of amides is 1. The van der Waals surface area contributed by atoms with E-state index < -0.39 is 0 Å². The lowest BCUT2D eigenvalue weighted by atomic mass is 10.1. The van der Waals surface area contributed by atoms with Gasteiger partial charge in [-0.15, -0.1) is 0 Å². The minimum atomic E-state index is -0.199. The molecule has 1 saturated heterocycles. The molecule has 2 aliphatic rings. The molecule has 0 spiro atoms. The topological polar surface area (TPSA) is 57.2 Å². The fourth-order valence-corrected chi connectivity index (χ4v) is 4.96. The van der Waals surface area contributed by atoms with Gasteiger partial charge in [0.15, 0.2) is 27.3 Å². The molecular formula is C22H18BrNO5S2. The number of rotatable bonds is 7. The van der Waals surface area contributed by atoms with E-state index in [-0.39, 0.29) is 12.7 Å². The summed E-state index contributed by atoms with van der Waals surface area (Å²) in [5.74, 6) is 2.21. The van der Waals surface area contributed by atoms with Crippen LogP contribution in [0, 0.1) is 0 Å². The van der Waals surface area contributed by atoms with Gasteiger partial charge in [0.25, 0.3) is 5.91 Å². The molecule has 1 amide bonds.